The lowest BCUT2D eigenvalue weighted by Crippen LogP contribution is -2.37. The van der Waals surface area contributed by atoms with Crippen LogP contribution in [0.3, 0.4) is 0 Å². The Balaban J connectivity index is 0.00000220. The van der Waals surface area contributed by atoms with Crippen LogP contribution in [0.4, 0.5) is 0 Å². The Kier molecular flexibility index (Phi) is 11.1. The van der Waals surface area contributed by atoms with Gasteiger partial charge in [-0.3, -0.25) is 4.90 Å². The van der Waals surface area contributed by atoms with Gasteiger partial charge in [0.05, 0.1) is 0 Å². The third kappa shape index (κ3) is 6.46. The van der Waals surface area contributed by atoms with E-state index in [-0.39, 0.29) is 24.8 Å². The lowest BCUT2D eigenvalue weighted by molar-refractivity contribution is 0.260. The Morgan fingerprint density at radius 1 is 1.32 bits per heavy atom. The van der Waals surface area contributed by atoms with Crippen LogP contribution in [0, 0.1) is 12.3 Å². The number of nitrogens with one attached hydrogen (secondary N) is 1. The molecule has 0 radical (unpaired) electrons. The van der Waals surface area contributed by atoms with Crippen LogP contribution in [0.15, 0.2) is 24.3 Å². The molecule has 1 aromatic rings. The third-order valence-electron chi connectivity index (χ3n) is 3.86. The average molecular weight is 345 g/mol. The quantitative estimate of drug-likeness (QED) is 0.769. The van der Waals surface area contributed by atoms with E-state index < -0.39 is 0 Å². The van der Waals surface area contributed by atoms with Crippen molar-refractivity contribution in [3.8, 4) is 18.1 Å². The van der Waals surface area contributed by atoms with Crippen LogP contribution in [0.25, 0.3) is 0 Å². The fraction of sp³-hybridized carbons (Fsp3) is 0.529. The number of likely N-dealkylation sites (N-methyl/N-ethyl adjacent to an activating group) is 1. The summed E-state index contributed by atoms with van der Waals surface area (Å²) in [4.78, 5) is 2.56. The zero-order valence-electron chi connectivity index (χ0n) is 13.1. The number of rotatable bonds is 7. The fourth-order valence-electron chi connectivity index (χ4n) is 2.75. The largest absolute Gasteiger partial charge is 0.481 e. The Hall–Kier alpha value is -0.920. The van der Waals surface area contributed by atoms with Gasteiger partial charge in [-0.1, -0.05) is 25.0 Å². The molecule has 3 nitrogen and oxygen atoms in total. The number of hydrogen-bond donors (Lipinski definition) is 1. The topological polar surface area (TPSA) is 24.5 Å². The lowest BCUT2D eigenvalue weighted by Gasteiger charge is -2.23. The highest BCUT2D eigenvalue weighted by Crippen LogP contribution is 2.16. The molecule has 0 aromatic heterocycles. The fourth-order valence-corrected chi connectivity index (χ4v) is 2.75. The molecule has 0 saturated carbocycles. The second kappa shape index (κ2) is 11.6. The standard InChI is InChI=1S/C17H24N2O.2ClH/c1-3-12-20-17-9-7-15(8-10-17)13-18-14-16-6-5-11-19(16)4-2;;/h1,7-10,16,18H,4-6,11-14H2,2H3;2*1H. The van der Waals surface area contributed by atoms with Gasteiger partial charge in [0.2, 0.25) is 0 Å². The highest BCUT2D eigenvalue weighted by molar-refractivity contribution is 5.85. The van der Waals surface area contributed by atoms with Gasteiger partial charge in [-0.25, -0.2) is 0 Å². The molecule has 1 heterocycles. The predicted octanol–water partition coefficient (Wildman–Crippen LogP) is 3.12. The maximum Gasteiger partial charge on any atom is 0.148 e. The van der Waals surface area contributed by atoms with Crippen molar-refractivity contribution in [3.63, 3.8) is 0 Å². The molecule has 1 fully saturated rings. The van der Waals surface area contributed by atoms with Gasteiger partial charge in [0.15, 0.2) is 0 Å². The van der Waals surface area contributed by atoms with Crippen LogP contribution in [0.1, 0.15) is 25.3 Å². The minimum absolute atomic E-state index is 0. The molecule has 1 N–H and O–H groups in total. The summed E-state index contributed by atoms with van der Waals surface area (Å²) in [5.74, 6) is 3.30. The Morgan fingerprint density at radius 2 is 2.05 bits per heavy atom. The van der Waals surface area contributed by atoms with Crippen molar-refractivity contribution in [3.05, 3.63) is 29.8 Å². The first kappa shape index (κ1) is 21.1. The van der Waals surface area contributed by atoms with E-state index in [0.717, 1.165) is 25.4 Å². The summed E-state index contributed by atoms with van der Waals surface area (Å²) >= 11 is 0. The molecule has 22 heavy (non-hydrogen) atoms. The van der Waals surface area contributed by atoms with Crippen molar-refractivity contribution in [2.24, 2.45) is 0 Å². The summed E-state index contributed by atoms with van der Waals surface area (Å²) in [7, 11) is 0. The van der Waals surface area contributed by atoms with Crippen LogP contribution in [0.5, 0.6) is 5.75 Å². The minimum Gasteiger partial charge on any atom is -0.481 e. The first-order valence-electron chi connectivity index (χ1n) is 7.43. The van der Waals surface area contributed by atoms with Gasteiger partial charge >= 0.3 is 0 Å². The van der Waals surface area contributed by atoms with Gasteiger partial charge in [-0.15, -0.1) is 31.2 Å². The van der Waals surface area contributed by atoms with E-state index in [1.54, 1.807) is 0 Å². The van der Waals surface area contributed by atoms with Gasteiger partial charge in [0.25, 0.3) is 0 Å². The van der Waals surface area contributed by atoms with E-state index in [1.807, 2.05) is 12.1 Å². The summed E-state index contributed by atoms with van der Waals surface area (Å²) in [5, 5.41) is 3.56. The van der Waals surface area contributed by atoms with Gasteiger partial charge in [-0.05, 0) is 43.6 Å². The molecule has 0 aliphatic carbocycles. The third-order valence-corrected chi connectivity index (χ3v) is 3.86. The Bertz CT molecular complexity index is 445. The zero-order chi connectivity index (χ0) is 14.2. The summed E-state index contributed by atoms with van der Waals surface area (Å²) in [6.45, 7) is 6.96. The number of halogens is 2. The first-order chi connectivity index (χ1) is 9.83. The number of ether oxygens (including phenoxy) is 1. The van der Waals surface area contributed by atoms with Gasteiger partial charge in [0.1, 0.15) is 12.4 Å². The van der Waals surface area contributed by atoms with Crippen molar-refractivity contribution in [2.75, 3.05) is 26.2 Å². The van der Waals surface area contributed by atoms with E-state index in [2.05, 4.69) is 35.2 Å². The molecule has 124 valence electrons. The molecular weight excluding hydrogens is 319 g/mol. The number of nitrogens with zero attached hydrogens (tertiary/aromatic N) is 1. The van der Waals surface area contributed by atoms with E-state index >= 15 is 0 Å². The minimum atomic E-state index is 0. The Morgan fingerprint density at radius 3 is 2.68 bits per heavy atom. The van der Waals surface area contributed by atoms with Crippen LogP contribution in [-0.4, -0.2) is 37.2 Å². The zero-order valence-corrected chi connectivity index (χ0v) is 14.7. The molecule has 1 atom stereocenters. The van der Waals surface area contributed by atoms with E-state index in [1.165, 1.54) is 24.9 Å². The molecule has 0 spiro atoms. The molecule has 1 saturated heterocycles. The van der Waals surface area contributed by atoms with Crippen molar-refractivity contribution >= 4 is 24.8 Å². The van der Waals surface area contributed by atoms with Gasteiger partial charge in [0, 0.05) is 19.1 Å². The molecule has 5 heteroatoms. The maximum atomic E-state index is 5.36. The SMILES string of the molecule is C#CCOc1ccc(CNCC2CCCN2CC)cc1.Cl.Cl. The molecular formula is C17H26Cl2N2O. The first-order valence-corrected chi connectivity index (χ1v) is 7.43. The summed E-state index contributed by atoms with van der Waals surface area (Å²) in [5.41, 5.74) is 1.28. The van der Waals surface area contributed by atoms with Gasteiger partial charge in [-0.2, -0.15) is 0 Å². The highest BCUT2D eigenvalue weighted by Gasteiger charge is 2.21. The smallest absolute Gasteiger partial charge is 0.148 e. The molecule has 1 aliphatic rings. The van der Waals surface area contributed by atoms with Crippen LogP contribution in [0.2, 0.25) is 0 Å². The van der Waals surface area contributed by atoms with Crippen LogP contribution in [-0.2, 0) is 6.54 Å². The predicted molar refractivity (Wildman–Crippen MR) is 97.2 cm³/mol. The summed E-state index contributed by atoms with van der Waals surface area (Å²) in [6, 6.07) is 8.83. The van der Waals surface area contributed by atoms with Crippen molar-refractivity contribution in [1.82, 2.24) is 10.2 Å². The molecule has 1 aliphatic heterocycles. The lowest BCUT2D eigenvalue weighted by atomic mass is 10.2. The molecule has 0 bridgehead atoms. The van der Waals surface area contributed by atoms with Crippen molar-refractivity contribution in [2.45, 2.75) is 32.4 Å². The highest BCUT2D eigenvalue weighted by atomic mass is 35.5. The normalized spacial score (nSPS) is 17.2. The second-order valence-corrected chi connectivity index (χ2v) is 5.19. The summed E-state index contributed by atoms with van der Waals surface area (Å²) < 4.78 is 5.36. The second-order valence-electron chi connectivity index (χ2n) is 5.19. The number of benzene rings is 1. The molecule has 1 aromatic carbocycles. The van der Waals surface area contributed by atoms with Crippen molar-refractivity contribution in [1.29, 1.82) is 0 Å². The van der Waals surface area contributed by atoms with Crippen molar-refractivity contribution < 1.29 is 4.74 Å². The number of terminal acetylenes is 1. The summed E-state index contributed by atoms with van der Waals surface area (Å²) in [6.07, 6.45) is 7.82. The number of likely N-dealkylation sites (tertiary alicyclic amines) is 1. The Labute approximate surface area is 146 Å². The monoisotopic (exact) mass is 344 g/mol. The van der Waals surface area contributed by atoms with Gasteiger partial charge < -0.3 is 10.1 Å². The van der Waals surface area contributed by atoms with E-state index in [0.29, 0.717) is 12.6 Å². The average Bonchev–Trinajstić information content (AvgIpc) is 2.94. The van der Waals surface area contributed by atoms with Crippen LogP contribution >= 0.6 is 24.8 Å². The number of hydrogen-bond acceptors (Lipinski definition) is 3. The maximum absolute atomic E-state index is 5.36. The molecule has 2 rings (SSSR count). The van der Waals surface area contributed by atoms with E-state index in [4.69, 9.17) is 11.2 Å². The molecule has 0 amide bonds. The van der Waals surface area contributed by atoms with E-state index in [9.17, 15) is 0 Å². The molecule has 1 unspecified atom stereocenters. The van der Waals surface area contributed by atoms with Crippen LogP contribution < -0.4 is 10.1 Å².